The lowest BCUT2D eigenvalue weighted by Crippen LogP contribution is -2.51. The van der Waals surface area contributed by atoms with Gasteiger partial charge in [-0.2, -0.15) is 0 Å². The summed E-state index contributed by atoms with van der Waals surface area (Å²) in [6.45, 7) is 10.4. The number of rotatable bonds is 2. The van der Waals surface area contributed by atoms with Gasteiger partial charge in [0.1, 0.15) is 0 Å². The van der Waals surface area contributed by atoms with Crippen molar-refractivity contribution >= 4 is 0 Å². The van der Waals surface area contributed by atoms with Crippen LogP contribution < -0.4 is 5.73 Å². The van der Waals surface area contributed by atoms with E-state index in [0.29, 0.717) is 16.7 Å². The monoisotopic (exact) mass is 285 g/mol. The topological polar surface area (TPSA) is 26.0 Å². The minimum Gasteiger partial charge on any atom is -0.330 e. The van der Waals surface area contributed by atoms with Crippen LogP contribution in [0, 0.1) is 11.3 Å². The largest absolute Gasteiger partial charge is 0.330 e. The summed E-state index contributed by atoms with van der Waals surface area (Å²) < 4.78 is 0. The Bertz CT molecular complexity index is 533. The number of benzene rings is 1. The minimum absolute atomic E-state index is 0.332. The van der Waals surface area contributed by atoms with Crippen LogP contribution in [0.1, 0.15) is 76.0 Å². The van der Waals surface area contributed by atoms with E-state index in [2.05, 4.69) is 45.9 Å². The standard InChI is InChI=1S/C20H31N/c1-14(2)16-7-6-15-8-9-18-19(3,13-21)10-5-11-20(18,4)17(15)12-16/h6-7,12,14,18H,5,8-11,13,21H2,1-4H3. The summed E-state index contributed by atoms with van der Waals surface area (Å²) in [7, 11) is 0. The maximum Gasteiger partial charge on any atom is -0.00202 e. The Morgan fingerprint density at radius 2 is 2.00 bits per heavy atom. The molecule has 1 saturated carbocycles. The molecule has 0 saturated heterocycles. The van der Waals surface area contributed by atoms with Gasteiger partial charge < -0.3 is 5.73 Å². The van der Waals surface area contributed by atoms with Crippen molar-refractivity contribution in [3.63, 3.8) is 0 Å². The first-order valence-corrected chi connectivity index (χ1v) is 8.74. The average molecular weight is 285 g/mol. The van der Waals surface area contributed by atoms with Gasteiger partial charge in [-0.3, -0.25) is 0 Å². The fourth-order valence-corrected chi connectivity index (χ4v) is 5.21. The highest BCUT2D eigenvalue weighted by atomic mass is 14.7. The second-order valence-corrected chi connectivity index (χ2v) is 8.29. The van der Waals surface area contributed by atoms with Crippen LogP contribution in [0.3, 0.4) is 0 Å². The number of fused-ring (bicyclic) bond motifs is 3. The highest BCUT2D eigenvalue weighted by Crippen LogP contribution is 2.57. The van der Waals surface area contributed by atoms with E-state index in [1.165, 1.54) is 37.7 Å². The molecule has 2 aliphatic carbocycles. The second-order valence-electron chi connectivity index (χ2n) is 8.29. The van der Waals surface area contributed by atoms with Crippen LogP contribution in [-0.4, -0.2) is 6.54 Å². The summed E-state index contributed by atoms with van der Waals surface area (Å²) >= 11 is 0. The van der Waals surface area contributed by atoms with Crippen molar-refractivity contribution in [3.8, 4) is 0 Å². The van der Waals surface area contributed by atoms with E-state index in [9.17, 15) is 0 Å². The zero-order chi connectivity index (χ0) is 15.3. The number of hydrogen-bond donors (Lipinski definition) is 1. The van der Waals surface area contributed by atoms with Gasteiger partial charge in [-0.05, 0) is 71.6 Å². The molecule has 1 aromatic carbocycles. The zero-order valence-electron chi connectivity index (χ0n) is 14.2. The molecule has 1 aromatic rings. The molecule has 2 aliphatic rings. The van der Waals surface area contributed by atoms with Crippen LogP contribution in [-0.2, 0) is 11.8 Å². The summed E-state index contributed by atoms with van der Waals surface area (Å²) in [4.78, 5) is 0. The molecule has 21 heavy (non-hydrogen) atoms. The lowest BCUT2D eigenvalue weighted by atomic mass is 9.49. The summed E-state index contributed by atoms with van der Waals surface area (Å²) in [6.07, 6.45) is 6.53. The predicted molar refractivity (Wildman–Crippen MR) is 90.7 cm³/mol. The third-order valence-electron chi connectivity index (χ3n) is 6.64. The van der Waals surface area contributed by atoms with Gasteiger partial charge in [-0.1, -0.05) is 52.3 Å². The van der Waals surface area contributed by atoms with E-state index in [0.717, 1.165) is 12.5 Å². The summed E-state index contributed by atoms with van der Waals surface area (Å²) in [5.74, 6) is 1.36. The molecule has 0 aliphatic heterocycles. The Balaban J connectivity index is 2.09. The van der Waals surface area contributed by atoms with Crippen LogP contribution >= 0.6 is 0 Å². The molecule has 1 nitrogen and oxygen atoms in total. The van der Waals surface area contributed by atoms with Gasteiger partial charge in [0.2, 0.25) is 0 Å². The lowest BCUT2D eigenvalue weighted by Gasteiger charge is -2.55. The SMILES string of the molecule is CC(C)c1ccc2c(c1)C1(C)CCCC(C)(CN)C1CC2. The van der Waals surface area contributed by atoms with E-state index < -0.39 is 0 Å². The van der Waals surface area contributed by atoms with Crippen LogP contribution in [0.2, 0.25) is 0 Å². The first kappa shape index (κ1) is 15.1. The summed E-state index contributed by atoms with van der Waals surface area (Å²) in [5, 5.41) is 0. The Hall–Kier alpha value is -0.820. The fraction of sp³-hybridized carbons (Fsp3) is 0.700. The van der Waals surface area contributed by atoms with E-state index >= 15 is 0 Å². The Labute approximate surface area is 130 Å². The lowest BCUT2D eigenvalue weighted by molar-refractivity contribution is 0.0326. The van der Waals surface area contributed by atoms with Crippen molar-refractivity contribution in [2.45, 2.75) is 71.1 Å². The normalized spacial score (nSPS) is 35.4. The third-order valence-corrected chi connectivity index (χ3v) is 6.64. The Morgan fingerprint density at radius 3 is 2.67 bits per heavy atom. The maximum absolute atomic E-state index is 6.20. The molecule has 0 heterocycles. The predicted octanol–water partition coefficient (Wildman–Crippen LogP) is 4.78. The van der Waals surface area contributed by atoms with Crippen molar-refractivity contribution in [3.05, 3.63) is 34.9 Å². The van der Waals surface area contributed by atoms with Crippen molar-refractivity contribution in [2.75, 3.05) is 6.54 Å². The van der Waals surface area contributed by atoms with E-state index in [4.69, 9.17) is 5.73 Å². The van der Waals surface area contributed by atoms with Crippen molar-refractivity contribution in [1.82, 2.24) is 0 Å². The van der Waals surface area contributed by atoms with Crippen LogP contribution in [0.4, 0.5) is 0 Å². The molecular weight excluding hydrogens is 254 g/mol. The fourth-order valence-electron chi connectivity index (χ4n) is 5.21. The molecular formula is C20H31N. The van der Waals surface area contributed by atoms with Crippen molar-refractivity contribution in [2.24, 2.45) is 17.1 Å². The molecule has 0 aromatic heterocycles. The van der Waals surface area contributed by atoms with Crippen molar-refractivity contribution in [1.29, 1.82) is 0 Å². The molecule has 0 spiro atoms. The quantitative estimate of drug-likeness (QED) is 0.831. The van der Waals surface area contributed by atoms with Crippen LogP contribution in [0.25, 0.3) is 0 Å². The molecule has 116 valence electrons. The number of nitrogens with two attached hydrogens (primary N) is 1. The highest BCUT2D eigenvalue weighted by Gasteiger charge is 2.51. The minimum atomic E-state index is 0.332. The number of hydrogen-bond acceptors (Lipinski definition) is 1. The van der Waals surface area contributed by atoms with E-state index in [-0.39, 0.29) is 0 Å². The first-order chi connectivity index (χ1) is 9.90. The Kier molecular flexibility index (Phi) is 3.68. The maximum atomic E-state index is 6.20. The molecule has 1 heteroatoms. The third kappa shape index (κ3) is 2.25. The van der Waals surface area contributed by atoms with Gasteiger partial charge in [0.05, 0.1) is 0 Å². The van der Waals surface area contributed by atoms with Crippen molar-refractivity contribution < 1.29 is 0 Å². The van der Waals surface area contributed by atoms with Crippen LogP contribution in [0.5, 0.6) is 0 Å². The van der Waals surface area contributed by atoms with Gasteiger partial charge in [0.25, 0.3) is 0 Å². The molecule has 1 fully saturated rings. The van der Waals surface area contributed by atoms with E-state index in [1.54, 1.807) is 11.1 Å². The van der Waals surface area contributed by atoms with Gasteiger partial charge in [0, 0.05) is 0 Å². The zero-order valence-corrected chi connectivity index (χ0v) is 14.2. The first-order valence-electron chi connectivity index (χ1n) is 8.74. The van der Waals surface area contributed by atoms with Gasteiger partial charge in [-0.25, -0.2) is 0 Å². The molecule has 0 amide bonds. The highest BCUT2D eigenvalue weighted by molar-refractivity contribution is 5.42. The summed E-state index contributed by atoms with van der Waals surface area (Å²) in [6, 6.07) is 7.27. The molecule has 3 unspecified atom stereocenters. The second kappa shape index (κ2) is 5.12. The average Bonchev–Trinajstić information content (AvgIpc) is 2.46. The summed E-state index contributed by atoms with van der Waals surface area (Å²) in [5.41, 5.74) is 11.6. The molecule has 3 rings (SSSR count). The molecule has 3 atom stereocenters. The van der Waals surface area contributed by atoms with Gasteiger partial charge in [0.15, 0.2) is 0 Å². The molecule has 0 radical (unpaired) electrons. The van der Waals surface area contributed by atoms with Crippen LogP contribution in [0.15, 0.2) is 18.2 Å². The van der Waals surface area contributed by atoms with E-state index in [1.807, 2.05) is 0 Å². The molecule has 0 bridgehead atoms. The van der Waals surface area contributed by atoms with Gasteiger partial charge in [-0.15, -0.1) is 0 Å². The Morgan fingerprint density at radius 1 is 1.24 bits per heavy atom. The molecule has 2 N–H and O–H groups in total. The smallest absolute Gasteiger partial charge is 0.00202 e. The number of aryl methyl sites for hydroxylation is 1. The van der Waals surface area contributed by atoms with Gasteiger partial charge >= 0.3 is 0 Å².